The second-order valence-corrected chi connectivity index (χ2v) is 7.24. The maximum Gasteiger partial charge on any atom is 0.293 e. The van der Waals surface area contributed by atoms with E-state index < -0.39 is 5.91 Å². The molecule has 1 aliphatic rings. The van der Waals surface area contributed by atoms with Crippen molar-refractivity contribution >= 4 is 50.8 Å². The Hall–Kier alpha value is -2.52. The number of halogens is 1. The molecule has 1 N–H and O–H groups in total. The number of amides is 3. The van der Waals surface area contributed by atoms with E-state index in [-0.39, 0.29) is 30.0 Å². The summed E-state index contributed by atoms with van der Waals surface area (Å²) >= 11 is 3.99. The van der Waals surface area contributed by atoms with E-state index in [1.807, 2.05) is 0 Å². The second-order valence-electron chi connectivity index (χ2n) is 5.47. The number of rotatable bonds is 6. The zero-order chi connectivity index (χ0) is 19.4. The number of hydrogen-bond donors (Lipinski definition) is 1. The van der Waals surface area contributed by atoms with Gasteiger partial charge in [-0.1, -0.05) is 12.1 Å². The SMILES string of the molecule is COc1ccc(C=C2SC(=O)N(CCNC(=O)c3ccc(Br)o3)C2=O)cc1. The van der Waals surface area contributed by atoms with E-state index >= 15 is 0 Å². The number of benzene rings is 1. The van der Waals surface area contributed by atoms with Gasteiger partial charge in [-0.05, 0) is 63.6 Å². The Morgan fingerprint density at radius 3 is 2.63 bits per heavy atom. The molecule has 2 heterocycles. The molecule has 1 aromatic carbocycles. The third kappa shape index (κ3) is 4.61. The van der Waals surface area contributed by atoms with Crippen LogP contribution in [0.5, 0.6) is 5.75 Å². The van der Waals surface area contributed by atoms with E-state index in [1.165, 1.54) is 6.07 Å². The summed E-state index contributed by atoms with van der Waals surface area (Å²) in [6.07, 6.45) is 1.66. The Bertz CT molecular complexity index is 907. The number of methoxy groups -OCH3 is 1. The molecule has 0 atom stereocenters. The van der Waals surface area contributed by atoms with Crippen molar-refractivity contribution in [3.8, 4) is 5.75 Å². The summed E-state index contributed by atoms with van der Waals surface area (Å²) in [5.41, 5.74) is 0.790. The summed E-state index contributed by atoms with van der Waals surface area (Å²) in [6.45, 7) is 0.212. The number of imide groups is 1. The van der Waals surface area contributed by atoms with Crippen LogP contribution in [-0.2, 0) is 4.79 Å². The minimum atomic E-state index is -0.415. The molecule has 0 spiro atoms. The normalized spacial score (nSPS) is 15.5. The molecular formula is C18H15BrN2O5S. The molecule has 3 amide bonds. The molecule has 0 radical (unpaired) electrons. The van der Waals surface area contributed by atoms with Crippen LogP contribution in [-0.4, -0.2) is 42.2 Å². The summed E-state index contributed by atoms with van der Waals surface area (Å²) in [5, 5.41) is 2.25. The molecule has 27 heavy (non-hydrogen) atoms. The topological polar surface area (TPSA) is 88.8 Å². The number of hydrogen-bond acceptors (Lipinski definition) is 6. The van der Waals surface area contributed by atoms with Gasteiger partial charge in [0.05, 0.1) is 12.0 Å². The fourth-order valence-corrected chi connectivity index (χ4v) is 3.52. The van der Waals surface area contributed by atoms with Crippen LogP contribution in [0.1, 0.15) is 16.1 Å². The molecule has 1 aromatic heterocycles. The first kappa shape index (κ1) is 19.2. The lowest BCUT2D eigenvalue weighted by molar-refractivity contribution is -0.122. The van der Waals surface area contributed by atoms with Crippen LogP contribution in [0.2, 0.25) is 0 Å². The Kier molecular flexibility index (Phi) is 6.02. The average Bonchev–Trinajstić information content (AvgIpc) is 3.21. The number of thioether (sulfide) groups is 1. The van der Waals surface area contributed by atoms with Crippen molar-refractivity contribution in [3.05, 3.63) is 57.3 Å². The van der Waals surface area contributed by atoms with Crippen LogP contribution in [0.15, 0.2) is 50.4 Å². The first-order valence-electron chi connectivity index (χ1n) is 7.91. The standard InChI is InChI=1S/C18H15BrN2O5S/c1-25-12-4-2-11(3-5-12)10-14-17(23)21(18(24)27-14)9-8-20-16(22)13-6-7-15(19)26-13/h2-7,10H,8-9H2,1H3,(H,20,22). The lowest BCUT2D eigenvalue weighted by atomic mass is 10.2. The van der Waals surface area contributed by atoms with Gasteiger partial charge in [-0.15, -0.1) is 0 Å². The van der Waals surface area contributed by atoms with Gasteiger partial charge in [-0.3, -0.25) is 19.3 Å². The molecule has 1 fully saturated rings. The van der Waals surface area contributed by atoms with Gasteiger partial charge < -0.3 is 14.5 Å². The Morgan fingerprint density at radius 1 is 1.26 bits per heavy atom. The average molecular weight is 451 g/mol. The van der Waals surface area contributed by atoms with Gasteiger partial charge >= 0.3 is 0 Å². The number of furan rings is 1. The third-order valence-corrected chi connectivity index (χ3v) is 5.04. The van der Waals surface area contributed by atoms with E-state index in [0.717, 1.165) is 22.2 Å². The zero-order valence-corrected chi connectivity index (χ0v) is 16.6. The van der Waals surface area contributed by atoms with Crippen LogP contribution in [0.3, 0.4) is 0 Å². The van der Waals surface area contributed by atoms with Crippen molar-refractivity contribution in [1.29, 1.82) is 0 Å². The van der Waals surface area contributed by atoms with Gasteiger partial charge in [-0.2, -0.15) is 0 Å². The number of ether oxygens (including phenoxy) is 1. The van der Waals surface area contributed by atoms with Gasteiger partial charge in [0.15, 0.2) is 10.4 Å². The van der Waals surface area contributed by atoms with Crippen LogP contribution in [0.25, 0.3) is 6.08 Å². The van der Waals surface area contributed by atoms with E-state index in [4.69, 9.17) is 9.15 Å². The lowest BCUT2D eigenvalue weighted by Crippen LogP contribution is -2.37. The van der Waals surface area contributed by atoms with E-state index in [0.29, 0.717) is 15.3 Å². The van der Waals surface area contributed by atoms with Crippen molar-refractivity contribution in [2.24, 2.45) is 0 Å². The predicted molar refractivity (Wildman–Crippen MR) is 104 cm³/mol. The summed E-state index contributed by atoms with van der Waals surface area (Å²) in [5.74, 6) is 0.0623. The van der Waals surface area contributed by atoms with E-state index in [1.54, 1.807) is 43.5 Å². The van der Waals surface area contributed by atoms with Crippen molar-refractivity contribution in [2.75, 3.05) is 20.2 Å². The molecule has 0 bridgehead atoms. The first-order chi connectivity index (χ1) is 13.0. The number of carbonyl (C=O) groups is 3. The van der Waals surface area contributed by atoms with Crippen molar-refractivity contribution < 1.29 is 23.5 Å². The summed E-state index contributed by atoms with van der Waals surface area (Å²) in [6, 6.07) is 10.3. The highest BCUT2D eigenvalue weighted by atomic mass is 79.9. The van der Waals surface area contributed by atoms with Crippen LogP contribution < -0.4 is 10.1 Å². The zero-order valence-electron chi connectivity index (χ0n) is 14.2. The van der Waals surface area contributed by atoms with Crippen LogP contribution in [0, 0.1) is 0 Å². The summed E-state index contributed by atoms with van der Waals surface area (Å²) in [7, 11) is 1.57. The van der Waals surface area contributed by atoms with Gasteiger partial charge in [-0.25, -0.2) is 0 Å². The minimum Gasteiger partial charge on any atom is -0.497 e. The van der Waals surface area contributed by atoms with Gasteiger partial charge in [0, 0.05) is 13.1 Å². The molecule has 1 saturated heterocycles. The predicted octanol–water partition coefficient (Wildman–Crippen LogP) is 3.52. The maximum atomic E-state index is 12.4. The highest BCUT2D eigenvalue weighted by Crippen LogP contribution is 2.32. The summed E-state index contributed by atoms with van der Waals surface area (Å²) < 4.78 is 10.7. The molecule has 3 rings (SSSR count). The fourth-order valence-electron chi connectivity index (χ4n) is 2.35. The molecule has 9 heteroatoms. The first-order valence-corrected chi connectivity index (χ1v) is 9.52. The largest absolute Gasteiger partial charge is 0.497 e. The van der Waals surface area contributed by atoms with Crippen LogP contribution >= 0.6 is 27.7 Å². The Morgan fingerprint density at radius 2 is 2.00 bits per heavy atom. The molecule has 1 aliphatic heterocycles. The Labute approximate surface area is 167 Å². The van der Waals surface area contributed by atoms with Gasteiger partial charge in [0.2, 0.25) is 0 Å². The molecule has 140 valence electrons. The molecule has 2 aromatic rings. The molecule has 0 saturated carbocycles. The number of carbonyl (C=O) groups excluding carboxylic acids is 3. The monoisotopic (exact) mass is 450 g/mol. The molecule has 0 aliphatic carbocycles. The summed E-state index contributed by atoms with van der Waals surface area (Å²) in [4.78, 5) is 37.9. The third-order valence-electron chi connectivity index (χ3n) is 3.71. The van der Waals surface area contributed by atoms with E-state index in [9.17, 15) is 14.4 Å². The quantitative estimate of drug-likeness (QED) is 0.677. The maximum absolute atomic E-state index is 12.4. The second kappa shape index (κ2) is 8.45. The van der Waals surface area contributed by atoms with Crippen LogP contribution in [0.4, 0.5) is 4.79 Å². The van der Waals surface area contributed by atoms with Crippen molar-refractivity contribution in [1.82, 2.24) is 10.2 Å². The lowest BCUT2D eigenvalue weighted by Gasteiger charge is -2.12. The Balaban J connectivity index is 1.58. The van der Waals surface area contributed by atoms with Gasteiger partial charge in [0.1, 0.15) is 5.75 Å². The highest BCUT2D eigenvalue weighted by molar-refractivity contribution is 9.10. The number of nitrogens with one attached hydrogen (secondary N) is 1. The van der Waals surface area contributed by atoms with E-state index in [2.05, 4.69) is 21.2 Å². The smallest absolute Gasteiger partial charge is 0.293 e. The fraction of sp³-hybridized carbons (Fsp3) is 0.167. The van der Waals surface area contributed by atoms with Crippen molar-refractivity contribution in [3.63, 3.8) is 0 Å². The highest BCUT2D eigenvalue weighted by Gasteiger charge is 2.34. The van der Waals surface area contributed by atoms with Gasteiger partial charge in [0.25, 0.3) is 17.1 Å². The minimum absolute atomic E-state index is 0.0816. The van der Waals surface area contributed by atoms with Crippen molar-refractivity contribution in [2.45, 2.75) is 0 Å². The molecule has 7 nitrogen and oxygen atoms in total. The molecule has 0 unspecified atom stereocenters. The number of nitrogens with zero attached hydrogens (tertiary/aromatic N) is 1. The molecular weight excluding hydrogens is 436 g/mol.